The van der Waals surface area contributed by atoms with Crippen LogP contribution in [-0.4, -0.2) is 55.2 Å². The zero-order valence-corrected chi connectivity index (χ0v) is 17.1. The van der Waals surface area contributed by atoms with E-state index in [0.29, 0.717) is 26.2 Å². The summed E-state index contributed by atoms with van der Waals surface area (Å²) in [5.41, 5.74) is 1.17. The molecule has 3 rings (SSSR count). The number of anilines is 2. The minimum absolute atomic E-state index is 0.175. The summed E-state index contributed by atoms with van der Waals surface area (Å²) in [6, 6.07) is 5.56. The van der Waals surface area contributed by atoms with E-state index in [-0.39, 0.29) is 17.3 Å². The monoisotopic (exact) mass is 450 g/mol. The maximum atomic E-state index is 14.0. The normalized spacial score (nSPS) is 14.0. The van der Waals surface area contributed by atoms with Gasteiger partial charge in [-0.2, -0.15) is 0 Å². The number of hydrogen-bond donors (Lipinski definition) is 1. The molecule has 7 nitrogen and oxygen atoms in total. The van der Waals surface area contributed by atoms with Gasteiger partial charge in [0.25, 0.3) is 0 Å². The van der Waals surface area contributed by atoms with Crippen LogP contribution in [0.4, 0.5) is 20.7 Å². The zero-order valence-electron chi connectivity index (χ0n) is 15.5. The second kappa shape index (κ2) is 8.55. The lowest BCUT2D eigenvalue weighted by Gasteiger charge is -2.36. The number of ether oxygens (including phenoxy) is 1. The van der Waals surface area contributed by atoms with Gasteiger partial charge in [-0.25, -0.2) is 19.0 Å². The molecule has 1 aromatic heterocycles. The van der Waals surface area contributed by atoms with Gasteiger partial charge < -0.3 is 19.9 Å². The van der Waals surface area contributed by atoms with E-state index in [2.05, 4.69) is 35.9 Å². The lowest BCUT2D eigenvalue weighted by molar-refractivity contribution is 0.0595. The number of pyridine rings is 1. The van der Waals surface area contributed by atoms with Gasteiger partial charge in [0, 0.05) is 42.5 Å². The summed E-state index contributed by atoms with van der Waals surface area (Å²) in [6.07, 6.45) is 1.76. The van der Waals surface area contributed by atoms with Crippen LogP contribution in [0.5, 0.6) is 0 Å². The van der Waals surface area contributed by atoms with Crippen molar-refractivity contribution in [3.8, 4) is 0 Å². The SMILES string of the molecule is COC(=O)c1ccc(NC(=O)N2CCN(c3ncc(Br)cc3C)CC2)cc1F. The largest absolute Gasteiger partial charge is 0.465 e. The Hall–Kier alpha value is -2.68. The Morgan fingerprint density at radius 1 is 1.21 bits per heavy atom. The molecule has 0 atom stereocenters. The number of esters is 1. The topological polar surface area (TPSA) is 74.8 Å². The maximum absolute atomic E-state index is 14.0. The average Bonchev–Trinajstić information content (AvgIpc) is 2.68. The minimum Gasteiger partial charge on any atom is -0.465 e. The lowest BCUT2D eigenvalue weighted by atomic mass is 10.2. The molecule has 2 aromatic rings. The fourth-order valence-electron chi connectivity index (χ4n) is 3.06. The van der Waals surface area contributed by atoms with Gasteiger partial charge in [0.05, 0.1) is 12.7 Å². The highest BCUT2D eigenvalue weighted by atomic mass is 79.9. The number of piperazine rings is 1. The van der Waals surface area contributed by atoms with Crippen molar-refractivity contribution < 1.29 is 18.7 Å². The van der Waals surface area contributed by atoms with E-state index in [9.17, 15) is 14.0 Å². The number of hydrogen-bond acceptors (Lipinski definition) is 5. The molecule has 0 spiro atoms. The second-order valence-corrected chi connectivity index (χ2v) is 7.30. The third kappa shape index (κ3) is 4.41. The van der Waals surface area contributed by atoms with Gasteiger partial charge in [-0.15, -0.1) is 0 Å². The van der Waals surface area contributed by atoms with Crippen molar-refractivity contribution in [3.63, 3.8) is 0 Å². The highest BCUT2D eigenvalue weighted by Gasteiger charge is 2.23. The average molecular weight is 451 g/mol. The van der Waals surface area contributed by atoms with Gasteiger partial charge in [-0.1, -0.05) is 0 Å². The Labute approximate surface area is 170 Å². The number of aromatic nitrogens is 1. The zero-order chi connectivity index (χ0) is 20.3. The first-order chi connectivity index (χ1) is 13.4. The Bertz CT molecular complexity index is 901. The second-order valence-electron chi connectivity index (χ2n) is 6.38. The number of urea groups is 1. The third-order valence-corrected chi connectivity index (χ3v) is 4.94. The van der Waals surface area contributed by atoms with Gasteiger partial charge in [-0.05, 0) is 52.7 Å². The standard InChI is InChI=1S/C19H20BrFN4O3/c1-12-9-13(20)11-22-17(12)24-5-7-25(8-6-24)19(27)23-14-3-4-15(16(21)10-14)18(26)28-2/h3-4,9-11H,5-8H2,1-2H3,(H,23,27). The molecule has 1 N–H and O–H groups in total. The van der Waals surface area contributed by atoms with Crippen molar-refractivity contribution in [3.05, 3.63) is 51.9 Å². The number of amides is 2. The fourth-order valence-corrected chi connectivity index (χ4v) is 3.50. The molecule has 2 heterocycles. The Balaban J connectivity index is 1.59. The third-order valence-electron chi connectivity index (χ3n) is 4.51. The van der Waals surface area contributed by atoms with Crippen LogP contribution < -0.4 is 10.2 Å². The van der Waals surface area contributed by atoms with Gasteiger partial charge in [-0.3, -0.25) is 0 Å². The highest BCUT2D eigenvalue weighted by Crippen LogP contribution is 2.22. The van der Waals surface area contributed by atoms with E-state index < -0.39 is 11.8 Å². The summed E-state index contributed by atoms with van der Waals surface area (Å²) in [5.74, 6) is -0.599. The molecule has 9 heteroatoms. The Morgan fingerprint density at radius 2 is 1.93 bits per heavy atom. The molecule has 1 aliphatic rings. The molecule has 2 amide bonds. The molecule has 0 unspecified atom stereocenters. The van der Waals surface area contributed by atoms with E-state index in [1.807, 2.05) is 13.0 Å². The van der Waals surface area contributed by atoms with Crippen LogP contribution in [0.15, 0.2) is 34.9 Å². The smallest absolute Gasteiger partial charge is 0.340 e. The number of carbonyl (C=O) groups is 2. The first kappa shape index (κ1) is 20.1. The number of aryl methyl sites for hydroxylation is 1. The summed E-state index contributed by atoms with van der Waals surface area (Å²) in [5, 5.41) is 2.66. The van der Waals surface area contributed by atoms with Crippen LogP contribution in [-0.2, 0) is 4.74 Å². The summed E-state index contributed by atoms with van der Waals surface area (Å²) in [4.78, 5) is 32.2. The van der Waals surface area contributed by atoms with E-state index >= 15 is 0 Å². The van der Waals surface area contributed by atoms with Gasteiger partial charge >= 0.3 is 12.0 Å². The molecule has 0 bridgehead atoms. The first-order valence-electron chi connectivity index (χ1n) is 8.70. The van der Waals surface area contributed by atoms with Crippen LogP contribution in [0.1, 0.15) is 15.9 Å². The van der Waals surface area contributed by atoms with Gasteiger partial charge in [0.15, 0.2) is 0 Å². The number of nitrogens with one attached hydrogen (secondary N) is 1. The van der Waals surface area contributed by atoms with Crippen molar-refractivity contribution in [2.45, 2.75) is 6.92 Å². The number of rotatable bonds is 3. The van der Waals surface area contributed by atoms with Crippen molar-refractivity contribution in [2.24, 2.45) is 0 Å². The molecule has 1 aromatic carbocycles. The van der Waals surface area contributed by atoms with Crippen molar-refractivity contribution >= 4 is 39.4 Å². The van der Waals surface area contributed by atoms with Crippen LogP contribution in [0, 0.1) is 12.7 Å². The number of halogens is 2. The summed E-state index contributed by atoms with van der Waals surface area (Å²) < 4.78 is 19.4. The van der Waals surface area contributed by atoms with E-state index in [1.54, 1.807) is 11.1 Å². The first-order valence-corrected chi connectivity index (χ1v) is 9.49. The maximum Gasteiger partial charge on any atom is 0.340 e. The Kier molecular flexibility index (Phi) is 6.13. The van der Waals surface area contributed by atoms with Crippen LogP contribution in [0.3, 0.4) is 0 Å². The number of nitrogens with zero attached hydrogens (tertiary/aromatic N) is 3. The van der Waals surface area contributed by atoms with Crippen LogP contribution in [0.2, 0.25) is 0 Å². The lowest BCUT2D eigenvalue weighted by Crippen LogP contribution is -2.50. The molecule has 148 valence electrons. The number of carbonyl (C=O) groups excluding carboxylic acids is 2. The molecule has 1 fully saturated rings. The molecule has 28 heavy (non-hydrogen) atoms. The Morgan fingerprint density at radius 3 is 2.54 bits per heavy atom. The summed E-state index contributed by atoms with van der Waals surface area (Å²) in [7, 11) is 1.18. The molecule has 0 radical (unpaired) electrons. The van der Waals surface area contributed by atoms with Crippen LogP contribution >= 0.6 is 15.9 Å². The number of benzene rings is 1. The predicted molar refractivity (Wildman–Crippen MR) is 107 cm³/mol. The minimum atomic E-state index is -0.761. The number of methoxy groups -OCH3 is 1. The molecule has 0 aliphatic carbocycles. The molecule has 1 aliphatic heterocycles. The van der Waals surface area contributed by atoms with E-state index in [4.69, 9.17) is 0 Å². The van der Waals surface area contributed by atoms with E-state index in [1.165, 1.54) is 19.2 Å². The predicted octanol–water partition coefficient (Wildman–Crippen LogP) is 3.43. The van der Waals surface area contributed by atoms with Gasteiger partial charge in [0.2, 0.25) is 0 Å². The summed E-state index contributed by atoms with van der Waals surface area (Å²) >= 11 is 3.41. The van der Waals surface area contributed by atoms with Gasteiger partial charge in [0.1, 0.15) is 11.6 Å². The molecular formula is C19H20BrFN4O3. The van der Waals surface area contributed by atoms with Crippen molar-refractivity contribution in [1.82, 2.24) is 9.88 Å². The van der Waals surface area contributed by atoms with Crippen molar-refractivity contribution in [2.75, 3.05) is 43.5 Å². The molecule has 0 saturated carbocycles. The molecular weight excluding hydrogens is 431 g/mol. The molecule has 1 saturated heterocycles. The van der Waals surface area contributed by atoms with E-state index in [0.717, 1.165) is 21.9 Å². The van der Waals surface area contributed by atoms with Crippen molar-refractivity contribution in [1.29, 1.82) is 0 Å². The van der Waals surface area contributed by atoms with Crippen LogP contribution in [0.25, 0.3) is 0 Å². The quantitative estimate of drug-likeness (QED) is 0.724. The fraction of sp³-hybridized carbons (Fsp3) is 0.316. The summed E-state index contributed by atoms with van der Waals surface area (Å²) in [6.45, 7) is 4.34. The highest BCUT2D eigenvalue weighted by molar-refractivity contribution is 9.10.